The Morgan fingerprint density at radius 1 is 1.20 bits per heavy atom. The zero-order valence-electron chi connectivity index (χ0n) is 14.3. The standard InChI is InChI=1S/C19H18N4O2/c1-12(17-10-14-6-4-5-7-16(14)25-17)22(3)19(24)15-8-9-18-21-20-13(2)23(18)11-15/h4-12H,1-3H3. The average molecular weight is 334 g/mol. The first kappa shape index (κ1) is 15.4. The monoisotopic (exact) mass is 334 g/mol. The largest absolute Gasteiger partial charge is 0.459 e. The van der Waals surface area contributed by atoms with E-state index in [1.807, 2.05) is 48.6 Å². The van der Waals surface area contributed by atoms with Crippen molar-refractivity contribution in [1.29, 1.82) is 0 Å². The molecule has 1 aromatic carbocycles. The maximum atomic E-state index is 12.9. The third-order valence-corrected chi connectivity index (χ3v) is 4.58. The normalized spacial score (nSPS) is 12.6. The molecule has 0 saturated heterocycles. The SMILES string of the molecule is Cc1nnc2ccc(C(=O)N(C)C(C)c3cc4ccccc4o3)cn12. The summed E-state index contributed by atoms with van der Waals surface area (Å²) in [7, 11) is 1.78. The van der Waals surface area contributed by atoms with Gasteiger partial charge in [0.1, 0.15) is 17.2 Å². The number of aryl methyl sites for hydroxylation is 1. The number of hydrogen-bond acceptors (Lipinski definition) is 4. The second-order valence-electron chi connectivity index (χ2n) is 6.17. The van der Waals surface area contributed by atoms with Gasteiger partial charge in [0.2, 0.25) is 0 Å². The van der Waals surface area contributed by atoms with E-state index in [9.17, 15) is 4.79 Å². The number of carbonyl (C=O) groups excluding carboxylic acids is 1. The van der Waals surface area contributed by atoms with Crippen molar-refractivity contribution in [3.8, 4) is 0 Å². The number of fused-ring (bicyclic) bond motifs is 2. The highest BCUT2D eigenvalue weighted by Crippen LogP contribution is 2.27. The van der Waals surface area contributed by atoms with E-state index in [1.54, 1.807) is 30.3 Å². The zero-order chi connectivity index (χ0) is 17.6. The molecule has 0 fully saturated rings. The second kappa shape index (κ2) is 5.73. The fourth-order valence-electron chi connectivity index (χ4n) is 2.91. The molecular weight excluding hydrogens is 316 g/mol. The molecule has 6 nitrogen and oxygen atoms in total. The van der Waals surface area contributed by atoms with Gasteiger partial charge in [0.05, 0.1) is 11.6 Å². The third kappa shape index (κ3) is 2.55. The van der Waals surface area contributed by atoms with E-state index < -0.39 is 0 Å². The summed E-state index contributed by atoms with van der Waals surface area (Å²) in [5.41, 5.74) is 2.13. The Balaban J connectivity index is 1.64. The molecule has 4 rings (SSSR count). The first-order chi connectivity index (χ1) is 12.0. The van der Waals surface area contributed by atoms with Crippen molar-refractivity contribution in [3.05, 3.63) is 65.8 Å². The lowest BCUT2D eigenvalue weighted by Crippen LogP contribution is -2.29. The fourth-order valence-corrected chi connectivity index (χ4v) is 2.91. The molecule has 3 aromatic heterocycles. The molecule has 0 aliphatic carbocycles. The number of aromatic nitrogens is 3. The average Bonchev–Trinajstić information content (AvgIpc) is 3.23. The summed E-state index contributed by atoms with van der Waals surface area (Å²) < 4.78 is 7.71. The Kier molecular flexibility index (Phi) is 3.53. The molecule has 0 spiro atoms. The van der Waals surface area contributed by atoms with E-state index in [1.165, 1.54) is 0 Å². The number of para-hydroxylation sites is 1. The summed E-state index contributed by atoms with van der Waals surface area (Å²) in [6.07, 6.45) is 1.77. The molecule has 0 aliphatic rings. The number of furan rings is 1. The lowest BCUT2D eigenvalue weighted by molar-refractivity contribution is 0.0727. The van der Waals surface area contributed by atoms with Crippen molar-refractivity contribution in [3.63, 3.8) is 0 Å². The quantitative estimate of drug-likeness (QED) is 0.574. The summed E-state index contributed by atoms with van der Waals surface area (Å²) in [6.45, 7) is 3.81. The molecule has 0 saturated carbocycles. The summed E-state index contributed by atoms with van der Waals surface area (Å²) in [5.74, 6) is 1.43. The number of nitrogens with zero attached hydrogens (tertiary/aromatic N) is 4. The molecular formula is C19H18N4O2. The van der Waals surface area contributed by atoms with Crippen molar-refractivity contribution in [2.24, 2.45) is 0 Å². The van der Waals surface area contributed by atoms with Gasteiger partial charge in [-0.05, 0) is 38.1 Å². The number of rotatable bonds is 3. The predicted molar refractivity (Wildman–Crippen MR) is 94.4 cm³/mol. The molecule has 3 heterocycles. The van der Waals surface area contributed by atoms with Gasteiger partial charge in [-0.3, -0.25) is 9.20 Å². The lowest BCUT2D eigenvalue weighted by atomic mass is 10.1. The highest BCUT2D eigenvalue weighted by Gasteiger charge is 2.22. The predicted octanol–water partition coefficient (Wildman–Crippen LogP) is 3.62. The summed E-state index contributed by atoms with van der Waals surface area (Å²) >= 11 is 0. The van der Waals surface area contributed by atoms with Crippen LogP contribution in [0.5, 0.6) is 0 Å². The van der Waals surface area contributed by atoms with E-state index in [4.69, 9.17) is 4.42 Å². The van der Waals surface area contributed by atoms with Crippen molar-refractivity contribution in [1.82, 2.24) is 19.5 Å². The van der Waals surface area contributed by atoms with Crippen molar-refractivity contribution in [2.75, 3.05) is 7.05 Å². The number of carbonyl (C=O) groups is 1. The van der Waals surface area contributed by atoms with Crippen LogP contribution in [0, 0.1) is 6.92 Å². The molecule has 0 aliphatic heterocycles. The molecule has 1 atom stereocenters. The maximum absolute atomic E-state index is 12.9. The lowest BCUT2D eigenvalue weighted by Gasteiger charge is -2.23. The number of pyridine rings is 1. The van der Waals surface area contributed by atoms with Gasteiger partial charge in [-0.25, -0.2) is 0 Å². The van der Waals surface area contributed by atoms with Crippen LogP contribution in [0.1, 0.15) is 34.9 Å². The molecule has 0 N–H and O–H groups in total. The second-order valence-corrected chi connectivity index (χ2v) is 6.17. The van der Waals surface area contributed by atoms with Crippen LogP contribution in [0.4, 0.5) is 0 Å². The van der Waals surface area contributed by atoms with Crippen molar-refractivity contribution >= 4 is 22.5 Å². The van der Waals surface area contributed by atoms with Crippen LogP contribution in [-0.2, 0) is 0 Å². The van der Waals surface area contributed by atoms with Gasteiger partial charge in [-0.2, -0.15) is 0 Å². The maximum Gasteiger partial charge on any atom is 0.255 e. The minimum absolute atomic E-state index is 0.0806. The number of amides is 1. The van der Waals surface area contributed by atoms with Crippen LogP contribution < -0.4 is 0 Å². The molecule has 25 heavy (non-hydrogen) atoms. The van der Waals surface area contributed by atoms with Crippen LogP contribution in [0.3, 0.4) is 0 Å². The minimum atomic E-state index is -0.183. The molecule has 6 heteroatoms. The Bertz CT molecular complexity index is 1050. The minimum Gasteiger partial charge on any atom is -0.459 e. The van der Waals surface area contributed by atoms with Crippen LogP contribution in [0.25, 0.3) is 16.6 Å². The zero-order valence-corrected chi connectivity index (χ0v) is 14.3. The molecule has 0 bridgehead atoms. The van der Waals surface area contributed by atoms with Crippen molar-refractivity contribution in [2.45, 2.75) is 19.9 Å². The fraction of sp³-hybridized carbons (Fsp3) is 0.211. The Morgan fingerprint density at radius 3 is 2.80 bits per heavy atom. The van der Waals surface area contributed by atoms with Crippen LogP contribution in [0.2, 0.25) is 0 Å². The summed E-state index contributed by atoms with van der Waals surface area (Å²) in [6, 6.07) is 13.2. The first-order valence-corrected chi connectivity index (χ1v) is 8.11. The highest BCUT2D eigenvalue weighted by atomic mass is 16.3. The summed E-state index contributed by atoms with van der Waals surface area (Å²) in [5, 5.41) is 9.10. The third-order valence-electron chi connectivity index (χ3n) is 4.58. The van der Waals surface area contributed by atoms with Crippen LogP contribution in [0.15, 0.2) is 53.1 Å². The van der Waals surface area contributed by atoms with Gasteiger partial charge in [-0.1, -0.05) is 18.2 Å². The van der Waals surface area contributed by atoms with E-state index in [-0.39, 0.29) is 11.9 Å². The van der Waals surface area contributed by atoms with Gasteiger partial charge >= 0.3 is 0 Å². The van der Waals surface area contributed by atoms with Gasteiger partial charge in [0.15, 0.2) is 5.65 Å². The summed E-state index contributed by atoms with van der Waals surface area (Å²) in [4.78, 5) is 14.6. The van der Waals surface area contributed by atoms with Gasteiger partial charge in [0.25, 0.3) is 5.91 Å². The topological polar surface area (TPSA) is 63.6 Å². The van der Waals surface area contributed by atoms with Gasteiger partial charge in [-0.15, -0.1) is 10.2 Å². The van der Waals surface area contributed by atoms with Crippen LogP contribution in [-0.4, -0.2) is 32.5 Å². The van der Waals surface area contributed by atoms with E-state index in [0.29, 0.717) is 5.56 Å². The Hall–Kier alpha value is -3.15. The first-order valence-electron chi connectivity index (χ1n) is 8.11. The molecule has 126 valence electrons. The van der Waals surface area contributed by atoms with E-state index in [0.717, 1.165) is 28.2 Å². The Labute approximate surface area is 144 Å². The number of benzene rings is 1. The molecule has 1 amide bonds. The highest BCUT2D eigenvalue weighted by molar-refractivity contribution is 5.94. The van der Waals surface area contributed by atoms with Gasteiger partial charge < -0.3 is 9.32 Å². The molecule has 0 radical (unpaired) electrons. The smallest absolute Gasteiger partial charge is 0.255 e. The van der Waals surface area contributed by atoms with Crippen LogP contribution >= 0.6 is 0 Å². The Morgan fingerprint density at radius 2 is 2.00 bits per heavy atom. The number of hydrogen-bond donors (Lipinski definition) is 0. The molecule has 1 unspecified atom stereocenters. The molecule has 4 aromatic rings. The van der Waals surface area contributed by atoms with E-state index in [2.05, 4.69) is 10.2 Å². The van der Waals surface area contributed by atoms with Gasteiger partial charge in [0, 0.05) is 18.6 Å². The van der Waals surface area contributed by atoms with Crippen molar-refractivity contribution < 1.29 is 9.21 Å². The van der Waals surface area contributed by atoms with E-state index >= 15 is 0 Å².